The standard InChI is InChI=1S/C23H33N3O6S/c1-23(2,3)32-20(27)13-30-17-7-9-25(10-8-17)21(28)19-12-26(22(29)31-19)18-6-5-16(24)11-15(18)14-33-4/h5-6,17,19,24H,7-14H2,1-4H3. The quantitative estimate of drug-likeness (QED) is 0.559. The summed E-state index contributed by atoms with van der Waals surface area (Å²) < 4.78 is 16.3. The van der Waals surface area contributed by atoms with Gasteiger partial charge in [0.15, 0.2) is 6.10 Å². The molecule has 2 amide bonds. The minimum absolute atomic E-state index is 0.108. The molecule has 0 spiro atoms. The summed E-state index contributed by atoms with van der Waals surface area (Å²) in [5.41, 5.74) is 1.67. The molecule has 3 aliphatic rings. The van der Waals surface area contributed by atoms with Crippen LogP contribution in [0.1, 0.15) is 40.0 Å². The van der Waals surface area contributed by atoms with Crippen LogP contribution in [0, 0.1) is 5.41 Å². The largest absolute Gasteiger partial charge is 0.458 e. The van der Waals surface area contributed by atoms with Crippen molar-refractivity contribution in [1.29, 1.82) is 5.41 Å². The molecule has 10 heteroatoms. The zero-order valence-corrected chi connectivity index (χ0v) is 20.5. The number of nitrogens with one attached hydrogen (secondary N) is 1. The Morgan fingerprint density at radius 1 is 1.24 bits per heavy atom. The molecule has 0 aromatic rings. The van der Waals surface area contributed by atoms with E-state index in [1.807, 2.05) is 27.0 Å². The van der Waals surface area contributed by atoms with Gasteiger partial charge in [-0.25, -0.2) is 9.59 Å². The maximum atomic E-state index is 13.0. The number of allylic oxidation sites excluding steroid dienone is 2. The molecular weight excluding hydrogens is 446 g/mol. The highest BCUT2D eigenvalue weighted by Gasteiger charge is 2.41. The van der Waals surface area contributed by atoms with Gasteiger partial charge in [0, 0.05) is 36.7 Å². The van der Waals surface area contributed by atoms with E-state index in [9.17, 15) is 14.4 Å². The van der Waals surface area contributed by atoms with Crippen molar-refractivity contribution in [1.82, 2.24) is 9.80 Å². The van der Waals surface area contributed by atoms with Crippen molar-refractivity contribution in [2.45, 2.75) is 57.8 Å². The zero-order valence-electron chi connectivity index (χ0n) is 19.7. The molecule has 1 aliphatic carbocycles. The summed E-state index contributed by atoms with van der Waals surface area (Å²) in [7, 11) is 0. The van der Waals surface area contributed by atoms with Gasteiger partial charge in [0.05, 0.1) is 12.6 Å². The van der Waals surface area contributed by atoms with Gasteiger partial charge < -0.3 is 24.5 Å². The molecule has 0 aromatic carbocycles. The van der Waals surface area contributed by atoms with Crippen LogP contribution >= 0.6 is 11.8 Å². The smallest absolute Gasteiger partial charge is 0.415 e. The topological polar surface area (TPSA) is 109 Å². The second kappa shape index (κ2) is 10.7. The first kappa shape index (κ1) is 25.3. The average molecular weight is 480 g/mol. The van der Waals surface area contributed by atoms with Gasteiger partial charge in [-0.1, -0.05) is 0 Å². The summed E-state index contributed by atoms with van der Waals surface area (Å²) in [6, 6.07) is 0. The highest BCUT2D eigenvalue weighted by atomic mass is 32.2. The molecule has 0 saturated carbocycles. The van der Waals surface area contributed by atoms with E-state index in [4.69, 9.17) is 19.6 Å². The Labute approximate surface area is 199 Å². The Hall–Kier alpha value is -2.33. The molecule has 0 bridgehead atoms. The summed E-state index contributed by atoms with van der Waals surface area (Å²) in [6.45, 7) is 6.43. The number of hydrogen-bond donors (Lipinski definition) is 1. The normalized spacial score (nSPS) is 22.1. The zero-order chi connectivity index (χ0) is 24.2. The lowest BCUT2D eigenvalue weighted by Gasteiger charge is -2.33. The second-order valence-electron chi connectivity index (χ2n) is 9.36. The van der Waals surface area contributed by atoms with Crippen molar-refractivity contribution >= 4 is 35.4 Å². The van der Waals surface area contributed by atoms with Crippen LogP contribution in [-0.4, -0.2) is 89.5 Å². The van der Waals surface area contributed by atoms with Gasteiger partial charge in [-0.05, 0) is 57.6 Å². The number of ether oxygens (including phenoxy) is 3. The predicted octanol–water partition coefficient (Wildman–Crippen LogP) is 2.75. The molecule has 1 atom stereocenters. The van der Waals surface area contributed by atoms with Gasteiger partial charge in [0.25, 0.3) is 5.91 Å². The van der Waals surface area contributed by atoms with Gasteiger partial charge in [0.2, 0.25) is 0 Å². The van der Waals surface area contributed by atoms with Gasteiger partial charge in [-0.3, -0.25) is 9.69 Å². The number of carbonyl (C=O) groups excluding carboxylic acids is 3. The number of esters is 1. The van der Waals surface area contributed by atoms with Crippen molar-refractivity contribution in [3.05, 3.63) is 23.4 Å². The van der Waals surface area contributed by atoms with Crippen LogP contribution in [0.25, 0.3) is 0 Å². The van der Waals surface area contributed by atoms with Crippen molar-refractivity contribution in [3.63, 3.8) is 0 Å². The Bertz CT molecular complexity index is 855. The molecule has 2 saturated heterocycles. The first-order valence-corrected chi connectivity index (χ1v) is 12.5. The fourth-order valence-electron chi connectivity index (χ4n) is 4.05. The maximum absolute atomic E-state index is 13.0. The lowest BCUT2D eigenvalue weighted by molar-refractivity contribution is -0.163. The van der Waals surface area contributed by atoms with E-state index in [2.05, 4.69) is 0 Å². The van der Waals surface area contributed by atoms with Crippen LogP contribution in [0.15, 0.2) is 23.4 Å². The van der Waals surface area contributed by atoms with Crippen molar-refractivity contribution in [2.24, 2.45) is 0 Å². The Kier molecular flexibility index (Phi) is 8.23. The van der Waals surface area contributed by atoms with Crippen LogP contribution in [0.3, 0.4) is 0 Å². The van der Waals surface area contributed by atoms with E-state index in [1.165, 1.54) is 4.90 Å². The minimum atomic E-state index is -0.852. The van der Waals surface area contributed by atoms with Crippen molar-refractivity contribution in [3.8, 4) is 0 Å². The summed E-state index contributed by atoms with van der Waals surface area (Å²) in [4.78, 5) is 40.6. The number of carbonyl (C=O) groups is 3. The molecule has 2 fully saturated rings. The third kappa shape index (κ3) is 6.83. The monoisotopic (exact) mass is 479 g/mol. The van der Waals surface area contributed by atoms with E-state index in [0.717, 1.165) is 11.3 Å². The van der Waals surface area contributed by atoms with Crippen molar-refractivity contribution in [2.75, 3.05) is 38.2 Å². The van der Waals surface area contributed by atoms with Crippen LogP contribution in [-0.2, 0) is 23.8 Å². The van der Waals surface area contributed by atoms with Crippen LogP contribution in [0.4, 0.5) is 4.79 Å². The van der Waals surface area contributed by atoms with E-state index in [-0.39, 0.29) is 25.2 Å². The van der Waals surface area contributed by atoms with E-state index < -0.39 is 23.8 Å². The number of rotatable bonds is 7. The molecule has 1 N–H and O–H groups in total. The van der Waals surface area contributed by atoms with Crippen LogP contribution in [0.2, 0.25) is 0 Å². The number of nitrogens with zero attached hydrogens (tertiary/aromatic N) is 2. The van der Waals surface area contributed by atoms with Crippen LogP contribution < -0.4 is 0 Å². The van der Waals surface area contributed by atoms with Crippen LogP contribution in [0.5, 0.6) is 0 Å². The molecule has 2 heterocycles. The first-order chi connectivity index (χ1) is 15.6. The fraction of sp³-hybridized carbons (Fsp3) is 0.652. The molecule has 0 aromatic heterocycles. The number of thioether (sulfide) groups is 1. The molecule has 3 rings (SSSR count). The summed E-state index contributed by atoms with van der Waals surface area (Å²) in [5.74, 6) is 0.0957. The van der Waals surface area contributed by atoms with Gasteiger partial charge in [0.1, 0.15) is 12.2 Å². The van der Waals surface area contributed by atoms with E-state index in [0.29, 0.717) is 43.8 Å². The van der Waals surface area contributed by atoms with E-state index >= 15 is 0 Å². The van der Waals surface area contributed by atoms with E-state index in [1.54, 1.807) is 28.8 Å². The number of hydrogen-bond acceptors (Lipinski definition) is 8. The second-order valence-corrected chi connectivity index (χ2v) is 10.2. The lowest BCUT2D eigenvalue weighted by Crippen LogP contribution is -2.46. The Morgan fingerprint density at radius 3 is 2.58 bits per heavy atom. The highest BCUT2D eigenvalue weighted by Crippen LogP contribution is 2.28. The number of amides is 2. The molecular formula is C23H33N3O6S. The van der Waals surface area contributed by atoms with Gasteiger partial charge in [-0.2, -0.15) is 11.8 Å². The molecule has 9 nitrogen and oxygen atoms in total. The molecule has 182 valence electrons. The molecule has 33 heavy (non-hydrogen) atoms. The molecule has 0 radical (unpaired) electrons. The SMILES string of the molecule is CSCC1=C(N2CC(C(=O)N3CCC(OCC(=O)OC(C)(C)C)CC3)OC2=O)C=CC(=N)C1. The van der Waals surface area contributed by atoms with Gasteiger partial charge in [-0.15, -0.1) is 0 Å². The maximum Gasteiger partial charge on any atom is 0.415 e. The fourth-order valence-corrected chi connectivity index (χ4v) is 4.65. The summed E-state index contributed by atoms with van der Waals surface area (Å²) in [5, 5.41) is 7.90. The van der Waals surface area contributed by atoms with Gasteiger partial charge >= 0.3 is 12.1 Å². The number of likely N-dealkylation sites (tertiary alicyclic amines) is 1. The third-order valence-electron chi connectivity index (χ3n) is 5.52. The lowest BCUT2D eigenvalue weighted by atomic mass is 10.0. The third-order valence-corrected chi connectivity index (χ3v) is 6.15. The van der Waals surface area contributed by atoms with Crippen molar-refractivity contribution < 1.29 is 28.6 Å². The number of piperidine rings is 1. The average Bonchev–Trinajstić information content (AvgIpc) is 3.13. The summed E-state index contributed by atoms with van der Waals surface area (Å²) in [6.07, 6.45) is 5.62. The molecule has 2 aliphatic heterocycles. The Balaban J connectivity index is 1.51. The molecule has 1 unspecified atom stereocenters. The number of cyclic esters (lactones) is 1. The Morgan fingerprint density at radius 2 is 1.94 bits per heavy atom. The first-order valence-electron chi connectivity index (χ1n) is 11.1. The highest BCUT2D eigenvalue weighted by molar-refractivity contribution is 7.98. The minimum Gasteiger partial charge on any atom is -0.458 e. The summed E-state index contributed by atoms with van der Waals surface area (Å²) >= 11 is 1.63. The predicted molar refractivity (Wildman–Crippen MR) is 125 cm³/mol.